The molecule has 1 aromatic rings. The number of anilines is 1. The standard InChI is InChI=1S/C18H20Cl2N2O5/c1-3-10(2)22(11-4-5-13(19)14(20)8-11)17(26)12-9-21(7-6-15(23)24)18(27)16(12)25/h4-5,8,10,25H,3,6-7,9H2,1-2H3,(H,23,24). The summed E-state index contributed by atoms with van der Waals surface area (Å²) in [5.41, 5.74) is 0.414. The number of aliphatic carboxylic acids is 1. The Morgan fingerprint density at radius 1 is 1.30 bits per heavy atom. The summed E-state index contributed by atoms with van der Waals surface area (Å²) in [4.78, 5) is 38.6. The van der Waals surface area contributed by atoms with E-state index in [1.54, 1.807) is 18.2 Å². The molecule has 2 N–H and O–H groups in total. The molecule has 9 heteroatoms. The number of halogens is 2. The van der Waals surface area contributed by atoms with Crippen LogP contribution in [-0.2, 0) is 14.4 Å². The average molecular weight is 415 g/mol. The Morgan fingerprint density at radius 3 is 2.52 bits per heavy atom. The van der Waals surface area contributed by atoms with Gasteiger partial charge in [0.05, 0.1) is 28.6 Å². The molecule has 0 spiro atoms. The lowest BCUT2D eigenvalue weighted by Crippen LogP contribution is -2.40. The maximum Gasteiger partial charge on any atom is 0.305 e. The van der Waals surface area contributed by atoms with E-state index >= 15 is 0 Å². The van der Waals surface area contributed by atoms with E-state index in [0.29, 0.717) is 17.1 Å². The molecular formula is C18H20Cl2N2O5. The summed E-state index contributed by atoms with van der Waals surface area (Å²) in [5, 5.41) is 19.6. The Kier molecular flexibility index (Phi) is 6.73. The van der Waals surface area contributed by atoms with E-state index in [4.69, 9.17) is 28.3 Å². The number of aliphatic hydroxyl groups is 1. The Bertz CT molecular complexity index is 809. The molecule has 0 fully saturated rings. The predicted molar refractivity (Wildman–Crippen MR) is 102 cm³/mol. The summed E-state index contributed by atoms with van der Waals surface area (Å²) in [6.45, 7) is 3.49. The maximum atomic E-state index is 13.1. The fraction of sp³-hybridized carbons (Fsp3) is 0.389. The minimum atomic E-state index is -1.07. The molecule has 0 aliphatic carbocycles. The van der Waals surface area contributed by atoms with Crippen molar-refractivity contribution < 1.29 is 24.6 Å². The van der Waals surface area contributed by atoms with E-state index in [2.05, 4.69) is 0 Å². The second kappa shape index (κ2) is 8.63. The van der Waals surface area contributed by atoms with Crippen molar-refractivity contribution in [1.29, 1.82) is 0 Å². The molecule has 1 aromatic carbocycles. The van der Waals surface area contributed by atoms with E-state index in [1.807, 2.05) is 13.8 Å². The van der Waals surface area contributed by atoms with Crippen molar-refractivity contribution in [3.8, 4) is 0 Å². The second-order valence-electron chi connectivity index (χ2n) is 6.23. The fourth-order valence-corrected chi connectivity index (χ4v) is 3.02. The van der Waals surface area contributed by atoms with Crippen LogP contribution in [-0.4, -0.2) is 52.0 Å². The first-order valence-corrected chi connectivity index (χ1v) is 9.14. The first-order chi connectivity index (χ1) is 12.7. The molecule has 0 radical (unpaired) electrons. The van der Waals surface area contributed by atoms with E-state index in [-0.39, 0.29) is 36.1 Å². The monoisotopic (exact) mass is 414 g/mol. The summed E-state index contributed by atoms with van der Waals surface area (Å²) in [6.07, 6.45) is 0.346. The summed E-state index contributed by atoms with van der Waals surface area (Å²) >= 11 is 12.0. The lowest BCUT2D eigenvalue weighted by Gasteiger charge is -2.29. The third-order valence-electron chi connectivity index (χ3n) is 4.41. The molecule has 1 unspecified atom stereocenters. The summed E-state index contributed by atoms with van der Waals surface area (Å²) in [5.74, 6) is -3.01. The number of nitrogens with zero attached hydrogens (tertiary/aromatic N) is 2. The SMILES string of the molecule is CCC(C)N(C(=O)C1=C(O)C(=O)N(CCC(=O)O)C1)c1ccc(Cl)c(Cl)c1. The number of rotatable bonds is 7. The zero-order valence-corrected chi connectivity index (χ0v) is 16.4. The second-order valence-corrected chi connectivity index (χ2v) is 7.04. The highest BCUT2D eigenvalue weighted by molar-refractivity contribution is 6.42. The molecular weight excluding hydrogens is 395 g/mol. The van der Waals surface area contributed by atoms with Gasteiger partial charge in [-0.15, -0.1) is 0 Å². The van der Waals surface area contributed by atoms with E-state index in [9.17, 15) is 19.5 Å². The van der Waals surface area contributed by atoms with E-state index < -0.39 is 23.5 Å². The first-order valence-electron chi connectivity index (χ1n) is 8.39. The van der Waals surface area contributed by atoms with Crippen molar-refractivity contribution in [3.63, 3.8) is 0 Å². The van der Waals surface area contributed by atoms with Gasteiger partial charge in [0.25, 0.3) is 11.8 Å². The van der Waals surface area contributed by atoms with Crippen LogP contribution in [0.15, 0.2) is 29.5 Å². The number of carboxylic acids is 1. The number of carboxylic acid groups (broad SMARTS) is 1. The van der Waals surface area contributed by atoms with Gasteiger partial charge in [-0.3, -0.25) is 14.4 Å². The van der Waals surface area contributed by atoms with Gasteiger partial charge in [-0.1, -0.05) is 30.1 Å². The molecule has 1 aliphatic rings. The summed E-state index contributed by atoms with van der Waals surface area (Å²) in [7, 11) is 0. The van der Waals surface area contributed by atoms with Gasteiger partial charge in [0, 0.05) is 18.3 Å². The Labute approximate surface area is 166 Å². The molecule has 0 bridgehead atoms. The molecule has 1 aliphatic heterocycles. The zero-order chi connectivity index (χ0) is 20.3. The number of hydrogen-bond acceptors (Lipinski definition) is 4. The van der Waals surface area contributed by atoms with Crippen LogP contribution in [0.1, 0.15) is 26.7 Å². The highest BCUT2D eigenvalue weighted by Gasteiger charge is 2.37. The zero-order valence-electron chi connectivity index (χ0n) is 14.9. The van der Waals surface area contributed by atoms with Gasteiger partial charge >= 0.3 is 5.97 Å². The molecule has 1 heterocycles. The van der Waals surface area contributed by atoms with Crippen LogP contribution in [0.5, 0.6) is 0 Å². The molecule has 0 saturated carbocycles. The maximum absolute atomic E-state index is 13.1. The van der Waals surface area contributed by atoms with Crippen molar-refractivity contribution in [2.45, 2.75) is 32.7 Å². The van der Waals surface area contributed by atoms with Crippen LogP contribution in [0, 0.1) is 0 Å². The number of aliphatic hydroxyl groups excluding tert-OH is 1. The molecule has 0 saturated heterocycles. The molecule has 7 nitrogen and oxygen atoms in total. The van der Waals surface area contributed by atoms with Gasteiger partial charge in [-0.2, -0.15) is 0 Å². The number of amides is 2. The topological polar surface area (TPSA) is 98.2 Å². The molecule has 1 atom stereocenters. The first kappa shape index (κ1) is 21.1. The van der Waals surface area contributed by atoms with Crippen molar-refractivity contribution >= 4 is 46.7 Å². The van der Waals surface area contributed by atoms with Crippen LogP contribution >= 0.6 is 23.2 Å². The normalized spacial score (nSPS) is 15.3. The highest BCUT2D eigenvalue weighted by atomic mass is 35.5. The summed E-state index contributed by atoms with van der Waals surface area (Å²) < 4.78 is 0. The number of hydrogen-bond donors (Lipinski definition) is 2. The van der Waals surface area contributed by atoms with Gasteiger partial charge < -0.3 is 20.0 Å². The van der Waals surface area contributed by atoms with Gasteiger partial charge in [0.1, 0.15) is 0 Å². The van der Waals surface area contributed by atoms with Gasteiger partial charge in [-0.05, 0) is 31.5 Å². The van der Waals surface area contributed by atoms with Gasteiger partial charge in [0.15, 0.2) is 5.76 Å². The van der Waals surface area contributed by atoms with Gasteiger partial charge in [-0.25, -0.2) is 0 Å². The van der Waals surface area contributed by atoms with Crippen LogP contribution < -0.4 is 4.90 Å². The average Bonchev–Trinajstić information content (AvgIpc) is 2.91. The van der Waals surface area contributed by atoms with Crippen LogP contribution in [0.2, 0.25) is 10.0 Å². The minimum Gasteiger partial charge on any atom is -0.503 e. The van der Waals surface area contributed by atoms with Crippen LogP contribution in [0.25, 0.3) is 0 Å². The van der Waals surface area contributed by atoms with Crippen LogP contribution in [0.3, 0.4) is 0 Å². The molecule has 2 rings (SSSR count). The Morgan fingerprint density at radius 2 is 1.96 bits per heavy atom. The molecule has 2 amide bonds. The Hall–Kier alpha value is -2.25. The fourth-order valence-electron chi connectivity index (χ4n) is 2.73. The molecule has 0 aromatic heterocycles. The quantitative estimate of drug-likeness (QED) is 0.713. The molecule has 27 heavy (non-hydrogen) atoms. The van der Waals surface area contributed by atoms with E-state index in [1.165, 1.54) is 4.90 Å². The van der Waals surface area contributed by atoms with E-state index in [0.717, 1.165) is 4.90 Å². The highest BCUT2D eigenvalue weighted by Crippen LogP contribution is 2.31. The number of carbonyl (C=O) groups is 3. The van der Waals surface area contributed by atoms with Crippen molar-refractivity contribution in [3.05, 3.63) is 39.6 Å². The Balaban J connectivity index is 2.34. The lowest BCUT2D eigenvalue weighted by molar-refractivity contribution is -0.138. The lowest BCUT2D eigenvalue weighted by atomic mass is 10.1. The number of benzene rings is 1. The summed E-state index contributed by atoms with van der Waals surface area (Å²) in [6, 6.07) is 4.51. The van der Waals surface area contributed by atoms with Crippen LogP contribution in [0.4, 0.5) is 5.69 Å². The van der Waals surface area contributed by atoms with Crippen molar-refractivity contribution in [2.24, 2.45) is 0 Å². The predicted octanol–water partition coefficient (Wildman–Crippen LogP) is 3.25. The smallest absolute Gasteiger partial charge is 0.305 e. The van der Waals surface area contributed by atoms with Crippen molar-refractivity contribution in [2.75, 3.05) is 18.0 Å². The third kappa shape index (κ3) is 4.54. The van der Waals surface area contributed by atoms with Gasteiger partial charge in [0.2, 0.25) is 0 Å². The van der Waals surface area contributed by atoms with Crippen molar-refractivity contribution in [1.82, 2.24) is 4.90 Å². The minimum absolute atomic E-state index is 0.0724. The number of carbonyl (C=O) groups excluding carboxylic acids is 2. The molecule has 146 valence electrons. The third-order valence-corrected chi connectivity index (χ3v) is 5.15. The largest absolute Gasteiger partial charge is 0.503 e.